The fraction of sp³-hybridized carbons (Fsp3) is 0.167. The van der Waals surface area contributed by atoms with Gasteiger partial charge in [0.2, 0.25) is 0 Å². The molecule has 0 aliphatic rings. The molecule has 9 heteroatoms. The quantitative estimate of drug-likeness (QED) is 0.602. The van der Waals surface area contributed by atoms with Gasteiger partial charge < -0.3 is 4.74 Å². The summed E-state index contributed by atoms with van der Waals surface area (Å²) in [6.07, 6.45) is -3.37. The number of para-hydroxylation sites is 1. The van der Waals surface area contributed by atoms with Gasteiger partial charge in [0.15, 0.2) is 9.84 Å². The molecule has 3 aromatic rings. The van der Waals surface area contributed by atoms with Crippen LogP contribution in [0.3, 0.4) is 0 Å². The lowest BCUT2D eigenvalue weighted by molar-refractivity contribution is -0.139. The predicted octanol–water partition coefficient (Wildman–Crippen LogP) is 4.81. The molecule has 142 valence electrons. The lowest BCUT2D eigenvalue weighted by Gasteiger charge is -2.12. The number of thiazole rings is 1. The van der Waals surface area contributed by atoms with E-state index in [9.17, 15) is 21.6 Å². The summed E-state index contributed by atoms with van der Waals surface area (Å²) in [5.74, 6) is -0.253. The van der Waals surface area contributed by atoms with Crippen LogP contribution in [0.5, 0.6) is 5.75 Å². The van der Waals surface area contributed by atoms with Crippen molar-refractivity contribution in [1.29, 1.82) is 0 Å². The zero-order valence-electron chi connectivity index (χ0n) is 14.0. The number of sulfone groups is 1. The van der Waals surface area contributed by atoms with Gasteiger partial charge >= 0.3 is 6.18 Å². The first-order valence-corrected chi connectivity index (χ1v) is 10.5. The number of halogens is 3. The van der Waals surface area contributed by atoms with Crippen LogP contribution in [0.15, 0.2) is 58.8 Å². The maximum absolute atomic E-state index is 13.0. The van der Waals surface area contributed by atoms with E-state index in [4.69, 9.17) is 4.74 Å². The Bertz CT molecular complexity index is 1040. The Morgan fingerprint density at radius 3 is 2.37 bits per heavy atom. The second-order valence-electron chi connectivity index (χ2n) is 5.72. The number of hydrogen-bond donors (Lipinski definition) is 0. The zero-order chi connectivity index (χ0) is 19.7. The van der Waals surface area contributed by atoms with E-state index in [2.05, 4.69) is 4.98 Å². The molecule has 0 atom stereocenters. The van der Waals surface area contributed by atoms with Gasteiger partial charge in [-0.3, -0.25) is 0 Å². The second-order valence-corrected chi connectivity index (χ2v) is 8.60. The molecular weight excluding hydrogens is 399 g/mol. The summed E-state index contributed by atoms with van der Waals surface area (Å²) in [6.45, 7) is -0.106. The summed E-state index contributed by atoms with van der Waals surface area (Å²) in [6, 6.07) is 11.3. The summed E-state index contributed by atoms with van der Waals surface area (Å²) in [5.41, 5.74) is 0.366. The highest BCUT2D eigenvalue weighted by Crippen LogP contribution is 2.36. The molecule has 0 saturated heterocycles. The summed E-state index contributed by atoms with van der Waals surface area (Å²) >= 11 is 1.30. The van der Waals surface area contributed by atoms with Crippen molar-refractivity contribution in [2.75, 3.05) is 6.26 Å². The standard InChI is InChI=1S/C18H14F3NO3S2/c1-27(23,24)14-8-6-12(7-9-14)17-22-13(11-26-17)10-25-16-5-3-2-4-15(16)18(19,20)21/h2-9,11H,10H2,1H3. The van der Waals surface area contributed by atoms with Crippen molar-refractivity contribution in [3.05, 3.63) is 65.2 Å². The van der Waals surface area contributed by atoms with Crippen LogP contribution in [-0.4, -0.2) is 19.7 Å². The Kier molecular flexibility index (Phi) is 5.25. The molecule has 2 aromatic carbocycles. The van der Waals surface area contributed by atoms with Crippen molar-refractivity contribution < 1.29 is 26.3 Å². The summed E-state index contributed by atoms with van der Waals surface area (Å²) in [7, 11) is -3.28. The third kappa shape index (κ3) is 4.67. The molecule has 27 heavy (non-hydrogen) atoms. The van der Waals surface area contributed by atoms with Gasteiger partial charge in [0.1, 0.15) is 17.4 Å². The molecular formula is C18H14F3NO3S2. The third-order valence-electron chi connectivity index (χ3n) is 3.65. The number of aromatic nitrogens is 1. The van der Waals surface area contributed by atoms with Gasteiger partial charge in [-0.2, -0.15) is 13.2 Å². The molecule has 0 radical (unpaired) electrons. The van der Waals surface area contributed by atoms with E-state index < -0.39 is 21.6 Å². The molecule has 0 amide bonds. The largest absolute Gasteiger partial charge is 0.487 e. The predicted molar refractivity (Wildman–Crippen MR) is 96.4 cm³/mol. The number of rotatable bonds is 5. The highest BCUT2D eigenvalue weighted by atomic mass is 32.2. The Morgan fingerprint density at radius 1 is 1.07 bits per heavy atom. The van der Waals surface area contributed by atoms with Crippen LogP contribution in [0, 0.1) is 0 Å². The molecule has 0 saturated carbocycles. The SMILES string of the molecule is CS(=O)(=O)c1ccc(-c2nc(COc3ccccc3C(F)(F)F)cs2)cc1. The maximum Gasteiger partial charge on any atom is 0.419 e. The highest BCUT2D eigenvalue weighted by molar-refractivity contribution is 7.90. The second kappa shape index (κ2) is 7.32. The molecule has 4 nitrogen and oxygen atoms in total. The Morgan fingerprint density at radius 2 is 1.74 bits per heavy atom. The van der Waals surface area contributed by atoms with Gasteiger partial charge in [0.25, 0.3) is 0 Å². The van der Waals surface area contributed by atoms with Crippen molar-refractivity contribution in [3.8, 4) is 16.3 Å². The average Bonchev–Trinajstić information content (AvgIpc) is 3.08. The Labute approximate surface area is 158 Å². The van der Waals surface area contributed by atoms with E-state index in [1.54, 1.807) is 17.5 Å². The number of nitrogens with zero attached hydrogens (tertiary/aromatic N) is 1. The molecule has 0 aliphatic heterocycles. The third-order valence-corrected chi connectivity index (χ3v) is 5.72. The van der Waals surface area contributed by atoms with Gasteiger partial charge in [-0.25, -0.2) is 13.4 Å². The van der Waals surface area contributed by atoms with Gasteiger partial charge in [0.05, 0.1) is 16.2 Å². The topological polar surface area (TPSA) is 56.3 Å². The van der Waals surface area contributed by atoms with Crippen molar-refractivity contribution in [2.45, 2.75) is 17.7 Å². The van der Waals surface area contributed by atoms with Crippen molar-refractivity contribution in [3.63, 3.8) is 0 Å². The van der Waals surface area contributed by atoms with Crippen LogP contribution >= 0.6 is 11.3 Å². The molecule has 0 spiro atoms. The maximum atomic E-state index is 13.0. The first-order chi connectivity index (χ1) is 12.6. The van der Waals surface area contributed by atoms with E-state index in [0.717, 1.165) is 12.3 Å². The molecule has 1 aromatic heterocycles. The Balaban J connectivity index is 1.74. The van der Waals surface area contributed by atoms with Gasteiger partial charge in [-0.05, 0) is 24.3 Å². The van der Waals surface area contributed by atoms with Gasteiger partial charge in [-0.15, -0.1) is 11.3 Å². The van der Waals surface area contributed by atoms with Crippen LogP contribution in [0.1, 0.15) is 11.3 Å². The molecule has 0 unspecified atom stereocenters. The molecule has 0 bridgehead atoms. The molecule has 0 N–H and O–H groups in total. The number of benzene rings is 2. The Hall–Kier alpha value is -2.39. The molecule has 0 fully saturated rings. The number of alkyl halides is 3. The normalized spacial score (nSPS) is 12.1. The number of ether oxygens (including phenoxy) is 1. The lowest BCUT2D eigenvalue weighted by Crippen LogP contribution is -2.08. The van der Waals surface area contributed by atoms with Gasteiger partial charge in [0, 0.05) is 17.2 Å². The first kappa shape index (κ1) is 19.4. The van der Waals surface area contributed by atoms with E-state index in [1.165, 1.54) is 41.7 Å². The van der Waals surface area contributed by atoms with Crippen LogP contribution in [-0.2, 0) is 22.6 Å². The van der Waals surface area contributed by atoms with Crippen LogP contribution in [0.25, 0.3) is 10.6 Å². The van der Waals surface area contributed by atoms with Gasteiger partial charge in [-0.1, -0.05) is 24.3 Å². The van der Waals surface area contributed by atoms with Crippen molar-refractivity contribution in [2.24, 2.45) is 0 Å². The van der Waals surface area contributed by atoms with E-state index in [1.807, 2.05) is 0 Å². The van der Waals surface area contributed by atoms with E-state index in [0.29, 0.717) is 16.3 Å². The molecule has 3 rings (SSSR count). The van der Waals surface area contributed by atoms with Crippen molar-refractivity contribution in [1.82, 2.24) is 4.98 Å². The monoisotopic (exact) mass is 413 g/mol. The highest BCUT2D eigenvalue weighted by Gasteiger charge is 2.34. The van der Waals surface area contributed by atoms with E-state index in [-0.39, 0.29) is 17.3 Å². The lowest BCUT2D eigenvalue weighted by atomic mass is 10.2. The summed E-state index contributed by atoms with van der Waals surface area (Å²) in [4.78, 5) is 4.55. The summed E-state index contributed by atoms with van der Waals surface area (Å²) < 4.78 is 67.2. The minimum absolute atomic E-state index is 0.106. The van der Waals surface area contributed by atoms with Crippen LogP contribution in [0.4, 0.5) is 13.2 Å². The minimum atomic E-state index is -4.49. The number of hydrogen-bond acceptors (Lipinski definition) is 5. The van der Waals surface area contributed by atoms with Crippen molar-refractivity contribution >= 4 is 21.2 Å². The average molecular weight is 413 g/mol. The fourth-order valence-corrected chi connectivity index (χ4v) is 3.77. The molecule has 1 heterocycles. The minimum Gasteiger partial charge on any atom is -0.487 e. The fourth-order valence-electron chi connectivity index (χ4n) is 2.33. The molecule has 0 aliphatic carbocycles. The first-order valence-electron chi connectivity index (χ1n) is 7.68. The zero-order valence-corrected chi connectivity index (χ0v) is 15.7. The van der Waals surface area contributed by atoms with Crippen LogP contribution in [0.2, 0.25) is 0 Å². The summed E-state index contributed by atoms with van der Waals surface area (Å²) in [5, 5.41) is 2.31. The van der Waals surface area contributed by atoms with Crippen LogP contribution < -0.4 is 4.74 Å². The van der Waals surface area contributed by atoms with E-state index >= 15 is 0 Å². The smallest absolute Gasteiger partial charge is 0.419 e.